The Hall–Kier alpha value is -1.52. The summed E-state index contributed by atoms with van der Waals surface area (Å²) in [5.74, 6) is -0.417. The van der Waals surface area contributed by atoms with E-state index in [0.29, 0.717) is 11.3 Å². The number of allylic oxidation sites excluding steroid dienone is 1. The second-order valence-corrected chi connectivity index (χ2v) is 2.40. The fourth-order valence-corrected chi connectivity index (χ4v) is 0.940. The molecule has 0 fully saturated rings. The van der Waals surface area contributed by atoms with E-state index in [-0.39, 0.29) is 12.6 Å². The van der Waals surface area contributed by atoms with Crippen LogP contribution < -0.4 is 10.6 Å². The van der Waals surface area contributed by atoms with E-state index in [4.69, 9.17) is 0 Å². The van der Waals surface area contributed by atoms with Gasteiger partial charge in [-0.3, -0.25) is 0 Å². The lowest BCUT2D eigenvalue weighted by atomic mass is 10.2. The van der Waals surface area contributed by atoms with Gasteiger partial charge in [-0.25, -0.2) is 9.59 Å². The Morgan fingerprint density at radius 1 is 1.58 bits per heavy atom. The highest BCUT2D eigenvalue weighted by Crippen LogP contribution is 2.05. The normalized spacial score (nSPS) is 16.7. The Balaban J connectivity index is 2.82. The molecule has 0 aromatic carbocycles. The predicted octanol–water partition coefficient (Wildman–Crippen LogP) is -0.254. The van der Waals surface area contributed by atoms with Gasteiger partial charge in [-0.1, -0.05) is 0 Å². The standard InChI is InChI=1S/C7H10N2O3/c1-4-5(6(10)12-2)3-8-7(11)9-4/h3H2,1-2H3,(H2,8,9,11). The maximum absolute atomic E-state index is 11.0. The molecule has 0 unspecified atom stereocenters. The van der Waals surface area contributed by atoms with Crippen LogP contribution in [0, 0.1) is 0 Å². The molecule has 1 heterocycles. The zero-order chi connectivity index (χ0) is 9.14. The minimum absolute atomic E-state index is 0.227. The molecule has 0 aromatic rings. The highest BCUT2D eigenvalue weighted by molar-refractivity contribution is 5.93. The zero-order valence-corrected chi connectivity index (χ0v) is 6.93. The van der Waals surface area contributed by atoms with Crippen molar-refractivity contribution in [3.8, 4) is 0 Å². The van der Waals surface area contributed by atoms with Crippen LogP contribution in [0.1, 0.15) is 6.92 Å². The van der Waals surface area contributed by atoms with Gasteiger partial charge in [0.05, 0.1) is 19.2 Å². The van der Waals surface area contributed by atoms with E-state index in [1.165, 1.54) is 7.11 Å². The van der Waals surface area contributed by atoms with Crippen molar-refractivity contribution in [2.24, 2.45) is 0 Å². The molecule has 0 saturated carbocycles. The van der Waals surface area contributed by atoms with E-state index in [1.54, 1.807) is 6.92 Å². The lowest BCUT2D eigenvalue weighted by Gasteiger charge is -2.17. The lowest BCUT2D eigenvalue weighted by Crippen LogP contribution is -2.43. The Labute approximate surface area is 69.8 Å². The summed E-state index contributed by atoms with van der Waals surface area (Å²) in [4.78, 5) is 21.7. The number of urea groups is 1. The largest absolute Gasteiger partial charge is 0.466 e. The third-order valence-corrected chi connectivity index (χ3v) is 1.61. The van der Waals surface area contributed by atoms with Crippen LogP contribution in [-0.4, -0.2) is 25.7 Å². The maximum atomic E-state index is 11.0. The molecule has 5 heteroatoms. The van der Waals surface area contributed by atoms with Crippen LogP contribution in [0.5, 0.6) is 0 Å². The number of hydrogen-bond acceptors (Lipinski definition) is 3. The first-order valence-electron chi connectivity index (χ1n) is 3.48. The molecule has 0 spiro atoms. The molecule has 1 rings (SSSR count). The molecule has 0 aromatic heterocycles. The monoisotopic (exact) mass is 170 g/mol. The summed E-state index contributed by atoms with van der Waals surface area (Å²) in [6.07, 6.45) is 0. The summed E-state index contributed by atoms with van der Waals surface area (Å²) in [5.41, 5.74) is 1.00. The summed E-state index contributed by atoms with van der Waals surface area (Å²) < 4.78 is 4.51. The molecule has 66 valence electrons. The van der Waals surface area contributed by atoms with Gasteiger partial charge >= 0.3 is 12.0 Å². The van der Waals surface area contributed by atoms with E-state index in [2.05, 4.69) is 15.4 Å². The highest BCUT2D eigenvalue weighted by Gasteiger charge is 2.19. The number of carbonyl (C=O) groups excluding carboxylic acids is 2. The summed E-state index contributed by atoms with van der Waals surface area (Å²) in [6.45, 7) is 1.88. The summed E-state index contributed by atoms with van der Waals surface area (Å²) in [7, 11) is 1.30. The van der Waals surface area contributed by atoms with Crippen molar-refractivity contribution in [1.29, 1.82) is 0 Å². The van der Waals surface area contributed by atoms with Crippen molar-refractivity contribution in [3.63, 3.8) is 0 Å². The SMILES string of the molecule is COC(=O)C1=C(C)NC(=O)NC1. The van der Waals surface area contributed by atoms with E-state index in [1.807, 2.05) is 0 Å². The van der Waals surface area contributed by atoms with Crippen LogP contribution in [0.4, 0.5) is 4.79 Å². The number of methoxy groups -OCH3 is 1. The molecule has 0 bridgehead atoms. The predicted molar refractivity (Wildman–Crippen MR) is 41.3 cm³/mol. The van der Waals surface area contributed by atoms with Crippen molar-refractivity contribution in [1.82, 2.24) is 10.6 Å². The van der Waals surface area contributed by atoms with Crippen LogP contribution in [0.25, 0.3) is 0 Å². The molecule has 0 radical (unpaired) electrons. The number of hydrogen-bond donors (Lipinski definition) is 2. The first kappa shape index (κ1) is 8.58. The minimum atomic E-state index is -0.417. The van der Waals surface area contributed by atoms with Gasteiger partial charge in [-0.05, 0) is 6.92 Å². The Bertz CT molecular complexity index is 257. The third-order valence-electron chi connectivity index (χ3n) is 1.61. The number of amides is 2. The molecule has 5 nitrogen and oxygen atoms in total. The van der Waals surface area contributed by atoms with Gasteiger partial charge < -0.3 is 15.4 Å². The Morgan fingerprint density at radius 3 is 2.75 bits per heavy atom. The van der Waals surface area contributed by atoms with Crippen LogP contribution in [0.15, 0.2) is 11.3 Å². The molecule has 2 amide bonds. The molecule has 0 atom stereocenters. The molecular weight excluding hydrogens is 160 g/mol. The van der Waals surface area contributed by atoms with Gasteiger partial charge in [0.25, 0.3) is 0 Å². The molecule has 1 aliphatic rings. The van der Waals surface area contributed by atoms with E-state index in [9.17, 15) is 9.59 Å². The quantitative estimate of drug-likeness (QED) is 0.533. The first-order valence-corrected chi connectivity index (χ1v) is 3.48. The number of ether oxygens (including phenoxy) is 1. The molecule has 2 N–H and O–H groups in total. The number of nitrogens with one attached hydrogen (secondary N) is 2. The van der Waals surface area contributed by atoms with E-state index in [0.717, 1.165) is 0 Å². The van der Waals surface area contributed by atoms with Crippen molar-refractivity contribution in [3.05, 3.63) is 11.3 Å². The molecule has 0 saturated heterocycles. The topological polar surface area (TPSA) is 67.4 Å². The first-order chi connectivity index (χ1) is 5.65. The molecular formula is C7H10N2O3. The van der Waals surface area contributed by atoms with Crippen molar-refractivity contribution in [2.75, 3.05) is 13.7 Å². The highest BCUT2D eigenvalue weighted by atomic mass is 16.5. The average molecular weight is 170 g/mol. The second kappa shape index (κ2) is 3.25. The maximum Gasteiger partial charge on any atom is 0.337 e. The average Bonchev–Trinajstić information content (AvgIpc) is 2.03. The fourth-order valence-electron chi connectivity index (χ4n) is 0.940. The van der Waals surface area contributed by atoms with Crippen LogP contribution in [0.3, 0.4) is 0 Å². The summed E-state index contributed by atoms with van der Waals surface area (Å²) >= 11 is 0. The number of esters is 1. The summed E-state index contributed by atoms with van der Waals surface area (Å²) in [6, 6.07) is -0.292. The van der Waals surface area contributed by atoms with Crippen molar-refractivity contribution < 1.29 is 14.3 Å². The number of rotatable bonds is 1. The van der Waals surface area contributed by atoms with Crippen molar-refractivity contribution in [2.45, 2.75) is 6.92 Å². The van der Waals surface area contributed by atoms with Gasteiger partial charge in [0.15, 0.2) is 0 Å². The van der Waals surface area contributed by atoms with Gasteiger partial charge in [0, 0.05) is 5.70 Å². The van der Waals surface area contributed by atoms with Crippen LogP contribution in [-0.2, 0) is 9.53 Å². The zero-order valence-electron chi connectivity index (χ0n) is 6.93. The van der Waals surface area contributed by atoms with E-state index < -0.39 is 5.97 Å². The van der Waals surface area contributed by atoms with Gasteiger partial charge in [0.1, 0.15) is 0 Å². The van der Waals surface area contributed by atoms with E-state index >= 15 is 0 Å². The van der Waals surface area contributed by atoms with Gasteiger partial charge in [0.2, 0.25) is 0 Å². The molecule has 0 aliphatic carbocycles. The van der Waals surface area contributed by atoms with Crippen LogP contribution in [0.2, 0.25) is 0 Å². The Morgan fingerprint density at radius 2 is 2.25 bits per heavy atom. The van der Waals surface area contributed by atoms with Crippen molar-refractivity contribution >= 4 is 12.0 Å². The Kier molecular flexibility index (Phi) is 2.32. The number of carbonyl (C=O) groups is 2. The second-order valence-electron chi connectivity index (χ2n) is 2.40. The van der Waals surface area contributed by atoms with Gasteiger partial charge in [-0.2, -0.15) is 0 Å². The van der Waals surface area contributed by atoms with Gasteiger partial charge in [-0.15, -0.1) is 0 Å². The summed E-state index contributed by atoms with van der Waals surface area (Å²) in [5, 5.41) is 4.94. The molecule has 1 aliphatic heterocycles. The third kappa shape index (κ3) is 1.55. The molecule has 12 heavy (non-hydrogen) atoms. The minimum Gasteiger partial charge on any atom is -0.466 e. The smallest absolute Gasteiger partial charge is 0.337 e. The fraction of sp³-hybridized carbons (Fsp3) is 0.429. The lowest BCUT2D eigenvalue weighted by molar-refractivity contribution is -0.136. The van der Waals surface area contributed by atoms with Crippen LogP contribution >= 0.6 is 0 Å².